The molecule has 1 aliphatic heterocycles. The molecule has 1 amide bonds. The van der Waals surface area contributed by atoms with Gasteiger partial charge in [-0.05, 0) is 43.2 Å². The second-order valence-electron chi connectivity index (χ2n) is 7.32. The SMILES string of the molecule is Cc1cc(C)c2sc(N(CCN3CCOCC3)C(=O)c3ccccc3Cl)nc2c1. The fraction of sp³-hybridized carbons (Fsp3) is 0.364. The van der Waals surface area contributed by atoms with Gasteiger partial charge in [-0.3, -0.25) is 14.6 Å². The van der Waals surface area contributed by atoms with Gasteiger partial charge in [-0.1, -0.05) is 41.1 Å². The summed E-state index contributed by atoms with van der Waals surface area (Å²) in [6.07, 6.45) is 0. The number of aromatic nitrogens is 1. The Morgan fingerprint density at radius 1 is 1.24 bits per heavy atom. The molecule has 1 fully saturated rings. The number of amides is 1. The number of nitrogens with zero attached hydrogens (tertiary/aromatic N) is 3. The molecule has 5 nitrogen and oxygen atoms in total. The van der Waals surface area contributed by atoms with Gasteiger partial charge in [0.05, 0.1) is 34.0 Å². The predicted octanol–water partition coefficient (Wildman–Crippen LogP) is 4.55. The Morgan fingerprint density at radius 2 is 2.00 bits per heavy atom. The molecule has 0 aliphatic carbocycles. The third-order valence-corrected chi connectivity index (χ3v) is 6.69. The standard InChI is InChI=1S/C22H24ClN3O2S/c1-15-13-16(2)20-19(14-15)24-22(29-20)26(8-7-25-9-11-28-12-10-25)21(27)17-5-3-4-6-18(17)23/h3-6,13-14H,7-12H2,1-2H3. The first kappa shape index (κ1) is 20.3. The van der Waals surface area contributed by atoms with Crippen LogP contribution >= 0.6 is 22.9 Å². The van der Waals surface area contributed by atoms with Gasteiger partial charge in [-0.25, -0.2) is 4.98 Å². The van der Waals surface area contributed by atoms with E-state index in [0.717, 1.165) is 43.1 Å². The first-order valence-corrected chi connectivity index (χ1v) is 11.0. The summed E-state index contributed by atoms with van der Waals surface area (Å²) in [6.45, 7) is 8.71. The Labute approximate surface area is 179 Å². The molecule has 0 atom stereocenters. The van der Waals surface area contributed by atoms with Crippen LogP contribution in [0.2, 0.25) is 5.02 Å². The van der Waals surface area contributed by atoms with Crippen LogP contribution in [0.1, 0.15) is 21.5 Å². The number of morpholine rings is 1. The number of aryl methyl sites for hydroxylation is 2. The smallest absolute Gasteiger partial charge is 0.261 e. The van der Waals surface area contributed by atoms with Gasteiger partial charge in [0.15, 0.2) is 5.13 Å². The molecule has 0 bridgehead atoms. The lowest BCUT2D eigenvalue weighted by molar-refractivity contribution is 0.0391. The van der Waals surface area contributed by atoms with Gasteiger partial charge in [-0.15, -0.1) is 0 Å². The van der Waals surface area contributed by atoms with Crippen molar-refractivity contribution in [2.24, 2.45) is 0 Å². The van der Waals surface area contributed by atoms with E-state index >= 15 is 0 Å². The number of carbonyl (C=O) groups is 1. The lowest BCUT2D eigenvalue weighted by atomic mass is 10.1. The summed E-state index contributed by atoms with van der Waals surface area (Å²) in [4.78, 5) is 22.3. The molecule has 2 heterocycles. The Hall–Kier alpha value is -1.99. The van der Waals surface area contributed by atoms with Crippen molar-refractivity contribution < 1.29 is 9.53 Å². The number of anilines is 1. The maximum atomic E-state index is 13.4. The second kappa shape index (κ2) is 8.79. The highest BCUT2D eigenvalue weighted by Crippen LogP contribution is 2.33. The summed E-state index contributed by atoms with van der Waals surface area (Å²) >= 11 is 7.90. The van der Waals surface area contributed by atoms with E-state index in [2.05, 4.69) is 30.9 Å². The molecular weight excluding hydrogens is 406 g/mol. The van der Waals surface area contributed by atoms with Gasteiger partial charge < -0.3 is 4.74 Å². The van der Waals surface area contributed by atoms with Crippen LogP contribution in [0.4, 0.5) is 5.13 Å². The third-order valence-electron chi connectivity index (χ3n) is 5.13. The second-order valence-corrected chi connectivity index (χ2v) is 8.70. The Kier molecular flexibility index (Phi) is 6.15. The number of fused-ring (bicyclic) bond motifs is 1. The van der Waals surface area contributed by atoms with Crippen LogP contribution in [0.15, 0.2) is 36.4 Å². The molecule has 0 unspecified atom stereocenters. The highest BCUT2D eigenvalue weighted by atomic mass is 35.5. The largest absolute Gasteiger partial charge is 0.379 e. The fourth-order valence-corrected chi connectivity index (χ4v) is 4.87. The average molecular weight is 430 g/mol. The van der Waals surface area contributed by atoms with Crippen LogP contribution in [0, 0.1) is 13.8 Å². The molecule has 0 N–H and O–H groups in total. The minimum absolute atomic E-state index is 0.114. The van der Waals surface area contributed by atoms with E-state index in [4.69, 9.17) is 21.3 Å². The highest BCUT2D eigenvalue weighted by Gasteiger charge is 2.24. The molecule has 7 heteroatoms. The summed E-state index contributed by atoms with van der Waals surface area (Å²) in [6, 6.07) is 11.4. The quantitative estimate of drug-likeness (QED) is 0.597. The molecule has 0 spiro atoms. The molecule has 1 aliphatic rings. The van der Waals surface area contributed by atoms with Gasteiger partial charge in [0, 0.05) is 26.2 Å². The van der Waals surface area contributed by atoms with Crippen molar-refractivity contribution in [1.29, 1.82) is 0 Å². The zero-order valence-corrected chi connectivity index (χ0v) is 18.2. The molecule has 1 saturated heterocycles. The van der Waals surface area contributed by atoms with Crippen molar-refractivity contribution in [3.8, 4) is 0 Å². The minimum Gasteiger partial charge on any atom is -0.379 e. The van der Waals surface area contributed by atoms with E-state index in [1.54, 1.807) is 28.4 Å². The predicted molar refractivity (Wildman–Crippen MR) is 119 cm³/mol. The van der Waals surface area contributed by atoms with Crippen LogP contribution < -0.4 is 4.90 Å². The van der Waals surface area contributed by atoms with E-state index < -0.39 is 0 Å². The minimum atomic E-state index is -0.114. The first-order valence-electron chi connectivity index (χ1n) is 9.77. The number of benzene rings is 2. The molecular formula is C22H24ClN3O2S. The summed E-state index contributed by atoms with van der Waals surface area (Å²) in [5.74, 6) is -0.114. The fourth-order valence-electron chi connectivity index (χ4n) is 3.61. The maximum absolute atomic E-state index is 13.4. The summed E-state index contributed by atoms with van der Waals surface area (Å²) in [7, 11) is 0. The van der Waals surface area contributed by atoms with Crippen LogP contribution in [0.3, 0.4) is 0 Å². The van der Waals surface area contributed by atoms with E-state index in [9.17, 15) is 4.79 Å². The van der Waals surface area contributed by atoms with Gasteiger partial charge in [0.2, 0.25) is 0 Å². The highest BCUT2D eigenvalue weighted by molar-refractivity contribution is 7.22. The molecule has 0 saturated carbocycles. The number of ether oxygens (including phenoxy) is 1. The Morgan fingerprint density at radius 3 is 2.76 bits per heavy atom. The summed E-state index contributed by atoms with van der Waals surface area (Å²) in [5.41, 5.74) is 3.79. The van der Waals surface area contributed by atoms with Gasteiger partial charge in [-0.2, -0.15) is 0 Å². The van der Waals surface area contributed by atoms with Crippen molar-refractivity contribution in [2.75, 3.05) is 44.3 Å². The first-order chi connectivity index (χ1) is 14.0. The van der Waals surface area contributed by atoms with Crippen LogP contribution in [0.5, 0.6) is 0 Å². The number of thiazole rings is 1. The van der Waals surface area contributed by atoms with Crippen LogP contribution in [0.25, 0.3) is 10.2 Å². The number of rotatable bonds is 5. The number of halogens is 1. The van der Waals surface area contributed by atoms with Crippen molar-refractivity contribution >= 4 is 44.2 Å². The van der Waals surface area contributed by atoms with E-state index in [-0.39, 0.29) is 5.91 Å². The van der Waals surface area contributed by atoms with Gasteiger partial charge in [0.1, 0.15) is 0 Å². The molecule has 3 aromatic rings. The van der Waals surface area contributed by atoms with Gasteiger partial charge in [0.25, 0.3) is 5.91 Å². The third kappa shape index (κ3) is 4.46. The van der Waals surface area contributed by atoms with Crippen LogP contribution in [-0.4, -0.2) is 55.2 Å². The molecule has 1 aromatic heterocycles. The van der Waals surface area contributed by atoms with E-state index in [0.29, 0.717) is 22.3 Å². The molecule has 4 rings (SSSR count). The lowest BCUT2D eigenvalue weighted by Gasteiger charge is -2.29. The summed E-state index contributed by atoms with van der Waals surface area (Å²) < 4.78 is 6.56. The van der Waals surface area contributed by atoms with Gasteiger partial charge >= 0.3 is 0 Å². The van der Waals surface area contributed by atoms with Crippen LogP contribution in [-0.2, 0) is 4.74 Å². The normalized spacial score (nSPS) is 15.0. The van der Waals surface area contributed by atoms with Crippen molar-refractivity contribution in [3.05, 3.63) is 58.1 Å². The number of hydrogen-bond acceptors (Lipinski definition) is 5. The zero-order valence-electron chi connectivity index (χ0n) is 16.7. The topological polar surface area (TPSA) is 45.7 Å². The Bertz CT molecular complexity index is 1030. The molecule has 0 radical (unpaired) electrons. The molecule has 2 aromatic carbocycles. The molecule has 152 valence electrons. The molecule has 29 heavy (non-hydrogen) atoms. The monoisotopic (exact) mass is 429 g/mol. The zero-order chi connectivity index (χ0) is 20.4. The maximum Gasteiger partial charge on any atom is 0.261 e. The average Bonchev–Trinajstić information content (AvgIpc) is 3.13. The lowest BCUT2D eigenvalue weighted by Crippen LogP contribution is -2.43. The van der Waals surface area contributed by atoms with Crippen molar-refractivity contribution in [1.82, 2.24) is 9.88 Å². The number of hydrogen-bond donors (Lipinski definition) is 0. The summed E-state index contributed by atoms with van der Waals surface area (Å²) in [5, 5.41) is 1.17. The van der Waals surface area contributed by atoms with E-state index in [1.165, 1.54) is 11.1 Å². The Balaban J connectivity index is 1.68. The number of carbonyl (C=O) groups excluding carboxylic acids is 1. The van der Waals surface area contributed by atoms with Crippen molar-refractivity contribution in [2.45, 2.75) is 13.8 Å². The van der Waals surface area contributed by atoms with E-state index in [1.807, 2.05) is 12.1 Å². The van der Waals surface area contributed by atoms with Crippen molar-refractivity contribution in [3.63, 3.8) is 0 Å².